The van der Waals surface area contributed by atoms with Crippen molar-refractivity contribution >= 4 is 39.1 Å². The van der Waals surface area contributed by atoms with Crippen LogP contribution in [0.3, 0.4) is 0 Å². The summed E-state index contributed by atoms with van der Waals surface area (Å²) < 4.78 is 41.7. The first kappa shape index (κ1) is 24.6. The molecule has 1 aliphatic heterocycles. The number of piperidine rings is 1. The first-order valence-corrected chi connectivity index (χ1v) is 12.4. The number of anilines is 1. The van der Waals surface area contributed by atoms with Gasteiger partial charge in [0.1, 0.15) is 28.6 Å². The van der Waals surface area contributed by atoms with Gasteiger partial charge in [0.05, 0.1) is 5.39 Å². The van der Waals surface area contributed by atoms with Crippen molar-refractivity contribution in [2.45, 2.75) is 33.1 Å². The molecule has 36 heavy (non-hydrogen) atoms. The predicted molar refractivity (Wildman–Crippen MR) is 138 cm³/mol. The molecule has 0 radical (unpaired) electrons. The second kappa shape index (κ2) is 10.1. The highest BCUT2D eigenvalue weighted by atomic mass is 35.5. The normalized spacial score (nSPS) is 16.2. The predicted octanol–water partition coefficient (Wildman–Crippen LogP) is 6.56. The Bertz CT molecular complexity index is 1450. The second-order valence-electron chi connectivity index (χ2n) is 9.19. The zero-order valence-corrected chi connectivity index (χ0v) is 21.2. The molecule has 0 bridgehead atoms. The standard InChI is InChI=1S/C27H27ClF2N4O2/c1-4-18-21(29)8-7-16-10-17(36-14-35-3)11-19(22(16)18)24-23(30)25-20(12-31-24)26(33-27(28)32-25)34-9-5-6-15(2)13-34/h7-8,10-12,15H,4-6,9,13-14H2,1-3H3/t15-/m0/s1. The molecule has 0 saturated carbocycles. The Morgan fingerprint density at radius 3 is 2.78 bits per heavy atom. The van der Waals surface area contributed by atoms with Crippen LogP contribution in [0.25, 0.3) is 32.9 Å². The van der Waals surface area contributed by atoms with E-state index in [9.17, 15) is 4.39 Å². The Morgan fingerprint density at radius 1 is 1.19 bits per heavy atom. The Hall–Kier alpha value is -3.10. The molecule has 0 N–H and O–H groups in total. The van der Waals surface area contributed by atoms with E-state index in [2.05, 4.69) is 26.8 Å². The van der Waals surface area contributed by atoms with Crippen molar-refractivity contribution in [1.82, 2.24) is 15.0 Å². The third-order valence-electron chi connectivity index (χ3n) is 6.69. The number of rotatable bonds is 6. The third kappa shape index (κ3) is 4.44. The van der Waals surface area contributed by atoms with Gasteiger partial charge in [-0.2, -0.15) is 4.98 Å². The highest BCUT2D eigenvalue weighted by Gasteiger charge is 2.25. The molecule has 1 atom stereocenters. The topological polar surface area (TPSA) is 60.4 Å². The van der Waals surface area contributed by atoms with Crippen LogP contribution in [0.5, 0.6) is 5.75 Å². The lowest BCUT2D eigenvalue weighted by Gasteiger charge is -2.32. The van der Waals surface area contributed by atoms with Gasteiger partial charge in [0.2, 0.25) is 5.28 Å². The number of pyridine rings is 1. The Kier molecular flexibility index (Phi) is 6.90. The molecule has 0 amide bonds. The van der Waals surface area contributed by atoms with E-state index in [1.54, 1.807) is 24.4 Å². The molecular formula is C27H27ClF2N4O2. The van der Waals surface area contributed by atoms with E-state index in [4.69, 9.17) is 21.1 Å². The summed E-state index contributed by atoms with van der Waals surface area (Å²) in [6.07, 6.45) is 4.16. The van der Waals surface area contributed by atoms with Crippen LogP contribution in [-0.2, 0) is 11.2 Å². The summed E-state index contributed by atoms with van der Waals surface area (Å²) in [6, 6.07) is 6.51. The zero-order valence-electron chi connectivity index (χ0n) is 20.4. The molecule has 1 aliphatic rings. The largest absolute Gasteiger partial charge is 0.468 e. The quantitative estimate of drug-likeness (QED) is 0.215. The molecule has 4 aromatic rings. The lowest BCUT2D eigenvalue weighted by molar-refractivity contribution is 0.0512. The summed E-state index contributed by atoms with van der Waals surface area (Å²) in [5.74, 6) is 0.530. The lowest BCUT2D eigenvalue weighted by atomic mass is 9.94. The minimum absolute atomic E-state index is 0.0147. The Morgan fingerprint density at radius 2 is 2.03 bits per heavy atom. The van der Waals surface area contributed by atoms with Gasteiger partial charge >= 0.3 is 0 Å². The monoisotopic (exact) mass is 512 g/mol. The molecule has 0 spiro atoms. The fraction of sp³-hybridized carbons (Fsp3) is 0.370. The van der Waals surface area contributed by atoms with E-state index in [1.807, 2.05) is 6.92 Å². The number of aromatic nitrogens is 3. The number of fused-ring (bicyclic) bond motifs is 2. The van der Waals surface area contributed by atoms with Gasteiger partial charge in [-0.15, -0.1) is 0 Å². The minimum Gasteiger partial charge on any atom is -0.468 e. The highest BCUT2D eigenvalue weighted by Crippen LogP contribution is 2.39. The number of hydrogen-bond acceptors (Lipinski definition) is 6. The summed E-state index contributed by atoms with van der Waals surface area (Å²) in [4.78, 5) is 15.3. The Labute approximate surface area is 213 Å². The summed E-state index contributed by atoms with van der Waals surface area (Å²) in [5, 5.41) is 1.75. The first-order chi connectivity index (χ1) is 17.4. The van der Waals surface area contributed by atoms with E-state index in [1.165, 1.54) is 13.2 Å². The molecule has 1 fully saturated rings. The number of methoxy groups -OCH3 is 1. The fourth-order valence-corrected chi connectivity index (χ4v) is 5.22. The smallest absolute Gasteiger partial charge is 0.225 e. The summed E-state index contributed by atoms with van der Waals surface area (Å²) in [7, 11) is 1.52. The van der Waals surface area contributed by atoms with Crippen molar-refractivity contribution in [1.29, 1.82) is 0 Å². The number of nitrogens with zero attached hydrogens (tertiary/aromatic N) is 4. The van der Waals surface area contributed by atoms with Crippen LogP contribution < -0.4 is 9.64 Å². The van der Waals surface area contributed by atoms with Gasteiger partial charge in [-0.3, -0.25) is 4.98 Å². The van der Waals surface area contributed by atoms with Gasteiger partial charge in [0.15, 0.2) is 12.6 Å². The van der Waals surface area contributed by atoms with Crippen molar-refractivity contribution in [2.24, 2.45) is 5.92 Å². The highest BCUT2D eigenvalue weighted by molar-refractivity contribution is 6.28. The molecule has 2 aromatic carbocycles. The summed E-state index contributed by atoms with van der Waals surface area (Å²) >= 11 is 6.28. The molecule has 5 rings (SSSR count). The third-order valence-corrected chi connectivity index (χ3v) is 6.86. The maximum absolute atomic E-state index is 16.2. The van der Waals surface area contributed by atoms with Crippen LogP contribution in [0.4, 0.5) is 14.6 Å². The van der Waals surface area contributed by atoms with E-state index < -0.39 is 5.82 Å². The van der Waals surface area contributed by atoms with E-state index in [0.717, 1.165) is 25.9 Å². The summed E-state index contributed by atoms with van der Waals surface area (Å²) in [5.41, 5.74) is 1.02. The SMILES string of the molecule is CCc1c(F)ccc2cc(OCOC)cc(-c3ncc4c(N5CCC[C@H](C)C5)nc(Cl)nc4c3F)c12. The molecule has 9 heteroatoms. The van der Waals surface area contributed by atoms with Gasteiger partial charge in [-0.05, 0) is 71.3 Å². The maximum Gasteiger partial charge on any atom is 0.225 e. The van der Waals surface area contributed by atoms with Gasteiger partial charge in [0, 0.05) is 32.0 Å². The maximum atomic E-state index is 16.2. The van der Waals surface area contributed by atoms with Gasteiger partial charge < -0.3 is 14.4 Å². The number of benzene rings is 2. The van der Waals surface area contributed by atoms with Crippen molar-refractivity contribution < 1.29 is 18.3 Å². The minimum atomic E-state index is -0.639. The lowest BCUT2D eigenvalue weighted by Crippen LogP contribution is -2.35. The molecule has 2 aromatic heterocycles. The molecule has 188 valence electrons. The van der Waals surface area contributed by atoms with Crippen LogP contribution in [0.15, 0.2) is 30.5 Å². The van der Waals surface area contributed by atoms with E-state index in [0.29, 0.717) is 51.2 Å². The second-order valence-corrected chi connectivity index (χ2v) is 9.53. The van der Waals surface area contributed by atoms with Gasteiger partial charge in [-0.1, -0.05) is 19.9 Å². The van der Waals surface area contributed by atoms with Crippen molar-refractivity contribution in [3.63, 3.8) is 0 Å². The van der Waals surface area contributed by atoms with E-state index >= 15 is 4.39 Å². The van der Waals surface area contributed by atoms with Crippen LogP contribution in [0.2, 0.25) is 5.28 Å². The average molecular weight is 513 g/mol. The molecule has 3 heterocycles. The molecule has 0 aliphatic carbocycles. The van der Waals surface area contributed by atoms with Crippen molar-refractivity contribution in [3.05, 3.63) is 52.9 Å². The number of aryl methyl sites for hydroxylation is 1. The fourth-order valence-electron chi connectivity index (χ4n) is 5.06. The van der Waals surface area contributed by atoms with Crippen LogP contribution >= 0.6 is 11.6 Å². The van der Waals surface area contributed by atoms with Crippen LogP contribution in [0.1, 0.15) is 32.3 Å². The van der Waals surface area contributed by atoms with Gasteiger partial charge in [0.25, 0.3) is 0 Å². The number of hydrogen-bond donors (Lipinski definition) is 0. The summed E-state index contributed by atoms with van der Waals surface area (Å²) in [6.45, 7) is 5.66. The number of halogens is 3. The number of ether oxygens (including phenoxy) is 2. The first-order valence-electron chi connectivity index (χ1n) is 12.0. The average Bonchev–Trinajstić information content (AvgIpc) is 2.87. The molecule has 0 unspecified atom stereocenters. The van der Waals surface area contributed by atoms with Crippen molar-refractivity contribution in [3.8, 4) is 17.0 Å². The zero-order chi connectivity index (χ0) is 25.4. The molecule has 6 nitrogen and oxygen atoms in total. The Balaban J connectivity index is 1.75. The van der Waals surface area contributed by atoms with Gasteiger partial charge in [-0.25, -0.2) is 13.8 Å². The van der Waals surface area contributed by atoms with Crippen molar-refractivity contribution in [2.75, 3.05) is 31.9 Å². The van der Waals surface area contributed by atoms with E-state index in [-0.39, 0.29) is 29.1 Å². The van der Waals surface area contributed by atoms with Crippen LogP contribution in [-0.4, -0.2) is 41.9 Å². The van der Waals surface area contributed by atoms with Crippen LogP contribution in [0, 0.1) is 17.6 Å². The molecular weight excluding hydrogens is 486 g/mol. The molecule has 1 saturated heterocycles.